The van der Waals surface area contributed by atoms with E-state index in [9.17, 15) is 0 Å². The molecule has 1 aromatic rings. The Kier molecular flexibility index (Phi) is 3.20. The molecule has 1 aliphatic rings. The third-order valence-electron chi connectivity index (χ3n) is 3.35. The standard InChI is InChI=1S/C13H17ClO/c1-11(14)13(7-8-13)9-10-15-12-5-3-2-4-6-12/h2-6,11H,7-10H2,1H3. The van der Waals surface area contributed by atoms with E-state index in [1.807, 2.05) is 30.3 Å². The molecule has 1 saturated carbocycles. The van der Waals surface area contributed by atoms with Crippen molar-refractivity contribution in [1.82, 2.24) is 0 Å². The van der Waals surface area contributed by atoms with E-state index < -0.39 is 0 Å². The van der Waals surface area contributed by atoms with Crippen LogP contribution in [-0.4, -0.2) is 12.0 Å². The SMILES string of the molecule is CC(Cl)C1(CCOc2ccccc2)CC1. The van der Waals surface area contributed by atoms with Crippen LogP contribution in [-0.2, 0) is 0 Å². The summed E-state index contributed by atoms with van der Waals surface area (Å²) in [6.45, 7) is 2.87. The highest BCUT2D eigenvalue weighted by Gasteiger charge is 2.46. The largest absolute Gasteiger partial charge is 0.494 e. The van der Waals surface area contributed by atoms with Gasteiger partial charge in [0.05, 0.1) is 6.61 Å². The predicted molar refractivity (Wildman–Crippen MR) is 63.5 cm³/mol. The van der Waals surface area contributed by atoms with Crippen molar-refractivity contribution in [3.8, 4) is 5.75 Å². The van der Waals surface area contributed by atoms with Crippen molar-refractivity contribution >= 4 is 11.6 Å². The van der Waals surface area contributed by atoms with Crippen molar-refractivity contribution in [3.63, 3.8) is 0 Å². The van der Waals surface area contributed by atoms with E-state index in [0.29, 0.717) is 5.41 Å². The fourth-order valence-electron chi connectivity index (χ4n) is 1.90. The van der Waals surface area contributed by atoms with Gasteiger partial charge in [-0.25, -0.2) is 0 Å². The van der Waals surface area contributed by atoms with Gasteiger partial charge in [0.15, 0.2) is 0 Å². The minimum atomic E-state index is 0.275. The molecule has 1 fully saturated rings. The van der Waals surface area contributed by atoms with Gasteiger partial charge in [-0.05, 0) is 43.7 Å². The van der Waals surface area contributed by atoms with Crippen LogP contribution in [0, 0.1) is 5.41 Å². The van der Waals surface area contributed by atoms with Crippen molar-refractivity contribution in [2.75, 3.05) is 6.61 Å². The van der Waals surface area contributed by atoms with Crippen LogP contribution in [0.25, 0.3) is 0 Å². The van der Waals surface area contributed by atoms with E-state index in [1.165, 1.54) is 12.8 Å². The molecule has 1 atom stereocenters. The van der Waals surface area contributed by atoms with Crippen LogP contribution >= 0.6 is 11.6 Å². The fraction of sp³-hybridized carbons (Fsp3) is 0.538. The molecule has 82 valence electrons. The molecule has 1 nitrogen and oxygen atoms in total. The zero-order chi connectivity index (χ0) is 10.7. The summed E-state index contributed by atoms with van der Waals surface area (Å²) in [5.41, 5.74) is 0.371. The lowest BCUT2D eigenvalue weighted by molar-refractivity contribution is 0.267. The first-order valence-electron chi connectivity index (χ1n) is 5.55. The van der Waals surface area contributed by atoms with Crippen molar-refractivity contribution in [2.45, 2.75) is 31.6 Å². The summed E-state index contributed by atoms with van der Waals surface area (Å²) in [5.74, 6) is 0.954. The van der Waals surface area contributed by atoms with Crippen LogP contribution in [0.15, 0.2) is 30.3 Å². The number of para-hydroxylation sites is 1. The zero-order valence-electron chi connectivity index (χ0n) is 9.08. The van der Waals surface area contributed by atoms with Crippen LogP contribution in [0.4, 0.5) is 0 Å². The van der Waals surface area contributed by atoms with Crippen molar-refractivity contribution in [1.29, 1.82) is 0 Å². The maximum atomic E-state index is 6.16. The topological polar surface area (TPSA) is 9.23 Å². The number of alkyl halides is 1. The molecule has 1 aromatic carbocycles. The Morgan fingerprint density at radius 3 is 2.53 bits per heavy atom. The molecule has 0 N–H and O–H groups in total. The first-order valence-corrected chi connectivity index (χ1v) is 5.98. The molecule has 15 heavy (non-hydrogen) atoms. The first kappa shape index (κ1) is 10.8. The van der Waals surface area contributed by atoms with Crippen LogP contribution < -0.4 is 4.74 Å². The Labute approximate surface area is 96.4 Å². The van der Waals surface area contributed by atoms with E-state index >= 15 is 0 Å². The van der Waals surface area contributed by atoms with E-state index in [2.05, 4.69) is 6.92 Å². The highest BCUT2D eigenvalue weighted by Crippen LogP contribution is 2.53. The molecule has 0 aliphatic heterocycles. The summed E-state index contributed by atoms with van der Waals surface area (Å²) in [6.07, 6.45) is 3.60. The molecule has 0 heterocycles. The van der Waals surface area contributed by atoms with Crippen LogP contribution in [0.1, 0.15) is 26.2 Å². The highest BCUT2D eigenvalue weighted by atomic mass is 35.5. The van der Waals surface area contributed by atoms with E-state index in [1.54, 1.807) is 0 Å². The minimum absolute atomic E-state index is 0.275. The number of ether oxygens (including phenoxy) is 1. The van der Waals surface area contributed by atoms with Crippen LogP contribution in [0.2, 0.25) is 0 Å². The molecule has 0 spiro atoms. The van der Waals surface area contributed by atoms with Gasteiger partial charge in [-0.2, -0.15) is 0 Å². The molecule has 0 saturated heterocycles. The second-order valence-electron chi connectivity index (χ2n) is 4.39. The Morgan fingerprint density at radius 2 is 2.00 bits per heavy atom. The van der Waals surface area contributed by atoms with E-state index in [0.717, 1.165) is 18.8 Å². The van der Waals surface area contributed by atoms with Gasteiger partial charge in [-0.1, -0.05) is 18.2 Å². The summed E-state index contributed by atoms with van der Waals surface area (Å²) in [7, 11) is 0. The second kappa shape index (κ2) is 4.44. The number of rotatable bonds is 5. The molecular weight excluding hydrogens is 208 g/mol. The lowest BCUT2D eigenvalue weighted by Crippen LogP contribution is -2.16. The lowest BCUT2D eigenvalue weighted by atomic mass is 9.99. The fourth-order valence-corrected chi connectivity index (χ4v) is 2.22. The monoisotopic (exact) mass is 224 g/mol. The van der Waals surface area contributed by atoms with Gasteiger partial charge in [-0.3, -0.25) is 0 Å². The molecule has 2 rings (SSSR count). The first-order chi connectivity index (χ1) is 7.23. The molecule has 0 amide bonds. The third kappa shape index (κ3) is 2.66. The van der Waals surface area contributed by atoms with Gasteiger partial charge in [0.1, 0.15) is 5.75 Å². The second-order valence-corrected chi connectivity index (χ2v) is 5.04. The highest BCUT2D eigenvalue weighted by molar-refractivity contribution is 6.21. The van der Waals surface area contributed by atoms with Crippen molar-refractivity contribution in [2.24, 2.45) is 5.41 Å². The van der Waals surface area contributed by atoms with Crippen molar-refractivity contribution in [3.05, 3.63) is 30.3 Å². The third-order valence-corrected chi connectivity index (χ3v) is 3.81. The molecule has 1 unspecified atom stereocenters. The van der Waals surface area contributed by atoms with Gasteiger partial charge in [0.2, 0.25) is 0 Å². The lowest BCUT2D eigenvalue weighted by Gasteiger charge is -2.17. The normalized spacial score (nSPS) is 19.6. The maximum absolute atomic E-state index is 6.16. The van der Waals surface area contributed by atoms with Gasteiger partial charge < -0.3 is 4.74 Å². The number of benzene rings is 1. The van der Waals surface area contributed by atoms with Gasteiger partial charge in [0, 0.05) is 5.38 Å². The van der Waals surface area contributed by atoms with E-state index in [-0.39, 0.29) is 5.38 Å². The Balaban J connectivity index is 1.76. The Morgan fingerprint density at radius 1 is 1.33 bits per heavy atom. The molecule has 1 aliphatic carbocycles. The molecule has 0 radical (unpaired) electrons. The summed E-state index contributed by atoms with van der Waals surface area (Å²) in [5, 5.41) is 0.275. The van der Waals surface area contributed by atoms with Crippen LogP contribution in [0.3, 0.4) is 0 Å². The summed E-state index contributed by atoms with van der Waals surface area (Å²) in [4.78, 5) is 0. The maximum Gasteiger partial charge on any atom is 0.119 e. The zero-order valence-corrected chi connectivity index (χ0v) is 9.83. The Hall–Kier alpha value is -0.690. The van der Waals surface area contributed by atoms with Crippen molar-refractivity contribution < 1.29 is 4.74 Å². The van der Waals surface area contributed by atoms with Gasteiger partial charge in [-0.15, -0.1) is 11.6 Å². The summed E-state index contributed by atoms with van der Waals surface area (Å²) in [6, 6.07) is 9.96. The molecule has 0 bridgehead atoms. The summed E-state index contributed by atoms with van der Waals surface area (Å²) < 4.78 is 5.67. The number of hydrogen-bond acceptors (Lipinski definition) is 1. The van der Waals surface area contributed by atoms with E-state index in [4.69, 9.17) is 16.3 Å². The molecular formula is C13H17ClO. The van der Waals surface area contributed by atoms with Crippen LogP contribution in [0.5, 0.6) is 5.75 Å². The quantitative estimate of drug-likeness (QED) is 0.690. The molecule has 2 heteroatoms. The molecule has 0 aromatic heterocycles. The average Bonchev–Trinajstić information content (AvgIpc) is 3.01. The predicted octanol–water partition coefficient (Wildman–Crippen LogP) is 3.86. The number of hydrogen-bond donors (Lipinski definition) is 0. The van der Waals surface area contributed by atoms with Gasteiger partial charge >= 0.3 is 0 Å². The average molecular weight is 225 g/mol. The number of halogens is 1. The minimum Gasteiger partial charge on any atom is -0.494 e. The summed E-state index contributed by atoms with van der Waals surface area (Å²) >= 11 is 6.16. The van der Waals surface area contributed by atoms with Gasteiger partial charge in [0.25, 0.3) is 0 Å². The smallest absolute Gasteiger partial charge is 0.119 e. The Bertz CT molecular complexity index is 304.